The highest BCUT2D eigenvalue weighted by Crippen LogP contribution is 2.29. The third-order valence-corrected chi connectivity index (χ3v) is 2.53. The Morgan fingerprint density at radius 1 is 1.43 bits per heavy atom. The van der Waals surface area contributed by atoms with E-state index in [0.717, 1.165) is 5.56 Å². The number of hydrogen-bond acceptors (Lipinski definition) is 2. The molecule has 0 aliphatic rings. The average Bonchev–Trinajstić information content (AvgIpc) is 2.10. The molecule has 2 N–H and O–H groups in total. The fraction of sp³-hybridized carbons (Fsp3) is 0.222. The second-order valence-electron chi connectivity index (χ2n) is 2.61. The summed E-state index contributed by atoms with van der Waals surface area (Å²) in [6.07, 6.45) is 0.236. The molecule has 0 saturated carbocycles. The molecular weight excluding hydrogens is 242 g/mol. The van der Waals surface area contributed by atoms with Gasteiger partial charge >= 0.3 is 0 Å². The van der Waals surface area contributed by atoms with E-state index in [9.17, 15) is 0 Å². The van der Waals surface area contributed by atoms with Crippen molar-refractivity contribution in [1.29, 1.82) is 5.26 Å². The predicted molar refractivity (Wildman–Crippen MR) is 60.9 cm³/mol. The molecule has 0 unspecified atom stereocenters. The highest BCUT2D eigenvalue weighted by atomic mass is 35.5. The van der Waals surface area contributed by atoms with Gasteiger partial charge in [0.2, 0.25) is 0 Å². The Morgan fingerprint density at radius 3 is 2.64 bits per heavy atom. The predicted octanol–water partition coefficient (Wildman–Crippen LogP) is 3.33. The average molecular weight is 252 g/mol. The van der Waals surface area contributed by atoms with E-state index in [0.29, 0.717) is 10.0 Å². The van der Waals surface area contributed by atoms with Crippen LogP contribution in [-0.4, -0.2) is 0 Å². The molecule has 0 fully saturated rings. The Hall–Kier alpha value is -0.460. The van der Waals surface area contributed by atoms with Crippen molar-refractivity contribution in [1.82, 2.24) is 0 Å². The number of nitriles is 1. The van der Waals surface area contributed by atoms with Crippen LogP contribution < -0.4 is 5.73 Å². The van der Waals surface area contributed by atoms with Gasteiger partial charge in [-0.1, -0.05) is 35.3 Å². The lowest BCUT2D eigenvalue weighted by molar-refractivity contribution is 0.749. The normalized spacial score (nSPS) is 11.3. The first-order valence-corrected chi connectivity index (χ1v) is 4.49. The Kier molecular flexibility index (Phi) is 5.90. The summed E-state index contributed by atoms with van der Waals surface area (Å²) >= 11 is 11.7. The first-order chi connectivity index (χ1) is 6.16. The Bertz CT molecular complexity index is 346. The van der Waals surface area contributed by atoms with Crippen LogP contribution in [0.4, 0.5) is 0 Å². The maximum Gasteiger partial charge on any atom is 0.0641 e. The minimum absolute atomic E-state index is 0. The summed E-state index contributed by atoms with van der Waals surface area (Å²) in [6, 6.07) is 6.85. The van der Waals surface area contributed by atoms with Crippen LogP contribution in [0, 0.1) is 11.3 Å². The number of nitrogens with zero attached hydrogens (tertiary/aromatic N) is 1. The molecular formula is C9H9Cl3N2. The zero-order chi connectivity index (χ0) is 9.84. The van der Waals surface area contributed by atoms with Crippen LogP contribution in [0.1, 0.15) is 18.0 Å². The SMILES string of the molecule is Cl.N#CC[C@@H](N)c1cccc(Cl)c1Cl. The van der Waals surface area contributed by atoms with E-state index < -0.39 is 0 Å². The monoisotopic (exact) mass is 250 g/mol. The van der Waals surface area contributed by atoms with Gasteiger partial charge in [0, 0.05) is 6.04 Å². The van der Waals surface area contributed by atoms with E-state index in [1.807, 2.05) is 6.07 Å². The molecule has 0 amide bonds. The molecule has 2 nitrogen and oxygen atoms in total. The number of rotatable bonds is 2. The third kappa shape index (κ3) is 3.04. The topological polar surface area (TPSA) is 49.8 Å². The van der Waals surface area contributed by atoms with Gasteiger partial charge in [0.1, 0.15) is 0 Å². The molecule has 1 aromatic carbocycles. The summed E-state index contributed by atoms with van der Waals surface area (Å²) in [5, 5.41) is 9.35. The smallest absolute Gasteiger partial charge is 0.0641 e. The van der Waals surface area contributed by atoms with E-state index in [2.05, 4.69) is 0 Å². The van der Waals surface area contributed by atoms with E-state index in [4.69, 9.17) is 34.2 Å². The van der Waals surface area contributed by atoms with Crippen LogP contribution in [0.15, 0.2) is 18.2 Å². The van der Waals surface area contributed by atoms with Crippen LogP contribution in [-0.2, 0) is 0 Å². The van der Waals surface area contributed by atoms with Crippen molar-refractivity contribution >= 4 is 35.6 Å². The van der Waals surface area contributed by atoms with Gasteiger partial charge in [-0.15, -0.1) is 12.4 Å². The molecule has 1 atom stereocenters. The van der Waals surface area contributed by atoms with Gasteiger partial charge in [-0.2, -0.15) is 5.26 Å². The van der Waals surface area contributed by atoms with Crippen molar-refractivity contribution in [3.05, 3.63) is 33.8 Å². The Labute approximate surface area is 99.0 Å². The Balaban J connectivity index is 0.00000169. The second kappa shape index (κ2) is 6.10. The van der Waals surface area contributed by atoms with Gasteiger partial charge in [0.05, 0.1) is 22.5 Å². The van der Waals surface area contributed by atoms with Crippen molar-refractivity contribution in [2.24, 2.45) is 5.73 Å². The molecule has 5 heteroatoms. The Morgan fingerprint density at radius 2 is 2.07 bits per heavy atom. The van der Waals surface area contributed by atoms with Crippen LogP contribution >= 0.6 is 35.6 Å². The largest absolute Gasteiger partial charge is 0.323 e. The van der Waals surface area contributed by atoms with Crippen molar-refractivity contribution in [3.8, 4) is 6.07 Å². The minimum Gasteiger partial charge on any atom is -0.323 e. The molecule has 14 heavy (non-hydrogen) atoms. The van der Waals surface area contributed by atoms with E-state index in [-0.39, 0.29) is 24.9 Å². The standard InChI is InChI=1S/C9H8Cl2N2.ClH/c10-7-3-1-2-6(9(7)11)8(13)4-5-12;/h1-3,8H,4,13H2;1H/t8-;/m1./s1. The molecule has 0 saturated heterocycles. The molecule has 0 aromatic heterocycles. The number of halogens is 3. The summed E-state index contributed by atoms with van der Waals surface area (Å²) < 4.78 is 0. The summed E-state index contributed by atoms with van der Waals surface area (Å²) in [5.74, 6) is 0. The van der Waals surface area contributed by atoms with Crippen LogP contribution in [0.5, 0.6) is 0 Å². The van der Waals surface area contributed by atoms with Crippen molar-refractivity contribution in [3.63, 3.8) is 0 Å². The lowest BCUT2D eigenvalue weighted by Gasteiger charge is -2.10. The summed E-state index contributed by atoms with van der Waals surface area (Å²) in [7, 11) is 0. The number of benzene rings is 1. The van der Waals surface area contributed by atoms with Crippen LogP contribution in [0.2, 0.25) is 10.0 Å². The summed E-state index contributed by atoms with van der Waals surface area (Å²) in [5.41, 5.74) is 6.43. The highest BCUT2D eigenvalue weighted by Gasteiger charge is 2.11. The van der Waals surface area contributed by atoms with Crippen molar-refractivity contribution in [2.75, 3.05) is 0 Å². The molecule has 0 aliphatic carbocycles. The quantitative estimate of drug-likeness (QED) is 0.876. The lowest BCUT2D eigenvalue weighted by Crippen LogP contribution is -2.09. The fourth-order valence-corrected chi connectivity index (χ4v) is 1.46. The van der Waals surface area contributed by atoms with Gasteiger partial charge in [-0.05, 0) is 11.6 Å². The minimum atomic E-state index is -0.365. The van der Waals surface area contributed by atoms with Gasteiger partial charge in [-0.3, -0.25) is 0 Å². The first-order valence-electron chi connectivity index (χ1n) is 3.73. The fourth-order valence-electron chi connectivity index (χ4n) is 1.02. The first kappa shape index (κ1) is 13.5. The molecule has 76 valence electrons. The van der Waals surface area contributed by atoms with Crippen LogP contribution in [0.3, 0.4) is 0 Å². The maximum absolute atomic E-state index is 8.45. The van der Waals surface area contributed by atoms with Gasteiger partial charge in [-0.25, -0.2) is 0 Å². The molecule has 0 radical (unpaired) electrons. The van der Waals surface area contributed by atoms with Crippen molar-refractivity contribution < 1.29 is 0 Å². The zero-order valence-corrected chi connectivity index (χ0v) is 9.53. The summed E-state index contributed by atoms with van der Waals surface area (Å²) in [6.45, 7) is 0. The number of hydrogen-bond donors (Lipinski definition) is 1. The third-order valence-electron chi connectivity index (χ3n) is 1.69. The molecule has 0 heterocycles. The number of nitrogens with two attached hydrogens (primary N) is 1. The summed E-state index contributed by atoms with van der Waals surface area (Å²) in [4.78, 5) is 0. The lowest BCUT2D eigenvalue weighted by atomic mass is 10.1. The van der Waals surface area contributed by atoms with E-state index in [1.165, 1.54) is 0 Å². The van der Waals surface area contributed by atoms with Gasteiger partial charge in [0.15, 0.2) is 0 Å². The molecule has 0 spiro atoms. The van der Waals surface area contributed by atoms with Crippen molar-refractivity contribution in [2.45, 2.75) is 12.5 Å². The van der Waals surface area contributed by atoms with E-state index in [1.54, 1.807) is 18.2 Å². The van der Waals surface area contributed by atoms with Gasteiger partial charge in [0.25, 0.3) is 0 Å². The molecule has 0 bridgehead atoms. The van der Waals surface area contributed by atoms with E-state index >= 15 is 0 Å². The van der Waals surface area contributed by atoms with Crippen LogP contribution in [0.25, 0.3) is 0 Å². The highest BCUT2D eigenvalue weighted by molar-refractivity contribution is 6.42. The molecule has 0 aliphatic heterocycles. The zero-order valence-electron chi connectivity index (χ0n) is 7.21. The van der Waals surface area contributed by atoms with Gasteiger partial charge < -0.3 is 5.73 Å². The second-order valence-corrected chi connectivity index (χ2v) is 3.40. The molecule has 1 rings (SSSR count). The molecule has 1 aromatic rings. The maximum atomic E-state index is 8.45.